The summed E-state index contributed by atoms with van der Waals surface area (Å²) in [4.78, 5) is 0. The van der Waals surface area contributed by atoms with Crippen LogP contribution in [0.15, 0.2) is 12.1 Å². The van der Waals surface area contributed by atoms with Gasteiger partial charge in [0.1, 0.15) is 0 Å². The van der Waals surface area contributed by atoms with E-state index in [0.717, 1.165) is 18.8 Å². The lowest BCUT2D eigenvalue weighted by atomic mass is 9.69. The van der Waals surface area contributed by atoms with E-state index in [1.54, 1.807) is 6.92 Å². The number of benzene rings is 1. The molecule has 0 aliphatic heterocycles. The molecule has 2 saturated carbocycles. The summed E-state index contributed by atoms with van der Waals surface area (Å²) in [5.74, 6) is -0.183. The Kier molecular flexibility index (Phi) is 6.11. The Labute approximate surface area is 159 Å². The first-order chi connectivity index (χ1) is 12.3. The fourth-order valence-corrected chi connectivity index (χ4v) is 4.78. The van der Waals surface area contributed by atoms with Crippen molar-refractivity contribution >= 4 is 11.6 Å². The van der Waals surface area contributed by atoms with Crippen molar-refractivity contribution in [1.82, 2.24) is 0 Å². The largest absolute Gasteiger partial charge is 0.429 e. The van der Waals surface area contributed by atoms with Crippen LogP contribution < -0.4 is 4.74 Å². The predicted octanol–water partition coefficient (Wildman–Crippen LogP) is 7.39. The molecule has 1 aromatic carbocycles. The van der Waals surface area contributed by atoms with Crippen molar-refractivity contribution in [2.24, 2.45) is 23.7 Å². The first-order valence-corrected chi connectivity index (χ1v) is 10.2. The van der Waals surface area contributed by atoms with Gasteiger partial charge in [0.15, 0.2) is 11.6 Å². The van der Waals surface area contributed by atoms with Crippen molar-refractivity contribution in [3.8, 4) is 5.75 Å². The van der Waals surface area contributed by atoms with Crippen LogP contribution >= 0.6 is 11.6 Å². The van der Waals surface area contributed by atoms with E-state index in [4.69, 9.17) is 16.3 Å². The zero-order valence-corrected chi connectivity index (χ0v) is 16.3. The lowest BCUT2D eigenvalue weighted by molar-refractivity contribution is -0.225. The molecule has 2 aliphatic carbocycles. The molecule has 0 bridgehead atoms. The third-order valence-corrected chi connectivity index (χ3v) is 6.92. The zero-order chi connectivity index (χ0) is 18.9. The quantitative estimate of drug-likeness (QED) is 0.522. The Bertz CT molecular complexity index is 618. The average Bonchev–Trinajstić information content (AvgIpc) is 2.63. The van der Waals surface area contributed by atoms with Gasteiger partial charge in [0, 0.05) is 0 Å². The van der Waals surface area contributed by atoms with Crippen molar-refractivity contribution in [3.63, 3.8) is 0 Å². The third-order valence-electron chi connectivity index (χ3n) is 6.46. The minimum atomic E-state index is -3.37. The van der Waals surface area contributed by atoms with Crippen molar-refractivity contribution in [3.05, 3.63) is 28.5 Å². The van der Waals surface area contributed by atoms with Crippen molar-refractivity contribution in [2.45, 2.75) is 71.3 Å². The van der Waals surface area contributed by atoms with Crippen LogP contribution in [0.4, 0.5) is 13.2 Å². The van der Waals surface area contributed by atoms with Gasteiger partial charge in [-0.25, -0.2) is 4.39 Å². The van der Waals surface area contributed by atoms with E-state index in [9.17, 15) is 13.2 Å². The Balaban J connectivity index is 1.58. The Morgan fingerprint density at radius 2 is 1.50 bits per heavy atom. The Hall–Kier alpha value is -0.900. The minimum Gasteiger partial charge on any atom is -0.429 e. The summed E-state index contributed by atoms with van der Waals surface area (Å²) < 4.78 is 48.1. The highest BCUT2D eigenvalue weighted by atomic mass is 35.5. The zero-order valence-electron chi connectivity index (χ0n) is 15.5. The van der Waals surface area contributed by atoms with Gasteiger partial charge < -0.3 is 4.74 Å². The van der Waals surface area contributed by atoms with E-state index in [1.165, 1.54) is 37.8 Å². The molecule has 0 amide bonds. The van der Waals surface area contributed by atoms with E-state index < -0.39 is 23.6 Å². The fraction of sp³-hybridized carbons (Fsp3) is 0.714. The van der Waals surface area contributed by atoms with Gasteiger partial charge in [-0.05, 0) is 74.8 Å². The maximum atomic E-state index is 14.6. The van der Waals surface area contributed by atoms with Crippen LogP contribution in [0, 0.1) is 36.4 Å². The molecule has 146 valence electrons. The summed E-state index contributed by atoms with van der Waals surface area (Å²) in [6.45, 7) is 3.92. The average molecular weight is 389 g/mol. The SMILES string of the molecule is Cc1ccc(OC(F)(F)C2CCC(C3CCC(C)CC3)CC2)c(F)c1Cl. The van der Waals surface area contributed by atoms with Gasteiger partial charge in [-0.1, -0.05) is 37.4 Å². The highest BCUT2D eigenvalue weighted by molar-refractivity contribution is 6.31. The van der Waals surface area contributed by atoms with E-state index in [1.807, 2.05) is 0 Å². The van der Waals surface area contributed by atoms with Gasteiger partial charge in [-0.15, -0.1) is 0 Å². The topological polar surface area (TPSA) is 9.23 Å². The molecule has 0 heterocycles. The summed E-state index contributed by atoms with van der Waals surface area (Å²) in [7, 11) is 0. The molecule has 0 saturated heterocycles. The van der Waals surface area contributed by atoms with Crippen LogP contribution in [0.25, 0.3) is 0 Å². The standard InChI is InChI=1S/C21H28ClF3O/c1-13-3-6-15(7-4-13)16-8-10-17(11-9-16)21(24,25)26-18-12-5-14(2)19(22)20(18)23/h5,12-13,15-17H,3-4,6-11H2,1-2H3. The maximum absolute atomic E-state index is 14.6. The van der Waals surface area contributed by atoms with E-state index in [0.29, 0.717) is 30.2 Å². The second-order valence-electron chi connectivity index (χ2n) is 8.30. The molecule has 1 aromatic rings. The predicted molar refractivity (Wildman–Crippen MR) is 98.3 cm³/mol. The van der Waals surface area contributed by atoms with E-state index in [2.05, 4.69) is 6.92 Å². The van der Waals surface area contributed by atoms with Gasteiger partial charge in [0.05, 0.1) is 10.9 Å². The van der Waals surface area contributed by atoms with Crippen LogP contribution in [0.3, 0.4) is 0 Å². The number of hydrogen-bond acceptors (Lipinski definition) is 1. The van der Waals surface area contributed by atoms with Gasteiger partial charge in [0.2, 0.25) is 0 Å². The van der Waals surface area contributed by atoms with Gasteiger partial charge >= 0.3 is 6.11 Å². The third kappa shape index (κ3) is 4.32. The van der Waals surface area contributed by atoms with Crippen LogP contribution in [0.5, 0.6) is 5.75 Å². The first-order valence-electron chi connectivity index (χ1n) is 9.79. The molecule has 0 unspecified atom stereocenters. The van der Waals surface area contributed by atoms with E-state index in [-0.39, 0.29) is 5.02 Å². The first kappa shape index (κ1) is 19.9. The van der Waals surface area contributed by atoms with E-state index >= 15 is 0 Å². The molecule has 1 nitrogen and oxygen atoms in total. The van der Waals surface area contributed by atoms with Crippen molar-refractivity contribution < 1.29 is 17.9 Å². The number of aryl methyl sites for hydroxylation is 1. The van der Waals surface area contributed by atoms with Gasteiger partial charge in [-0.3, -0.25) is 0 Å². The van der Waals surface area contributed by atoms with Crippen LogP contribution in [0.1, 0.15) is 63.9 Å². The molecule has 2 aliphatic rings. The molecule has 5 heteroatoms. The summed E-state index contributed by atoms with van der Waals surface area (Å²) in [5.41, 5.74) is 0.502. The Morgan fingerprint density at radius 3 is 2.08 bits per heavy atom. The monoisotopic (exact) mass is 388 g/mol. The Morgan fingerprint density at radius 1 is 0.962 bits per heavy atom. The van der Waals surface area contributed by atoms with Crippen LogP contribution in [0.2, 0.25) is 5.02 Å². The summed E-state index contributed by atoms with van der Waals surface area (Å²) in [6.07, 6.45) is 4.13. The maximum Gasteiger partial charge on any atom is 0.400 e. The van der Waals surface area contributed by atoms with Crippen molar-refractivity contribution in [2.75, 3.05) is 0 Å². The molecule has 0 N–H and O–H groups in total. The highest BCUT2D eigenvalue weighted by Gasteiger charge is 2.45. The smallest absolute Gasteiger partial charge is 0.400 e. The molecule has 0 spiro atoms. The second kappa shape index (κ2) is 8.00. The fourth-order valence-electron chi connectivity index (χ4n) is 4.62. The number of halogens is 4. The molecule has 0 atom stereocenters. The summed E-state index contributed by atoms with van der Waals surface area (Å²) >= 11 is 5.81. The minimum absolute atomic E-state index is 0.159. The number of hydrogen-bond donors (Lipinski definition) is 0. The van der Waals surface area contributed by atoms with Crippen LogP contribution in [-0.2, 0) is 0 Å². The summed E-state index contributed by atoms with van der Waals surface area (Å²) in [5, 5.41) is -0.159. The number of alkyl halides is 2. The molecular formula is C21H28ClF3O. The number of ether oxygens (including phenoxy) is 1. The highest BCUT2D eigenvalue weighted by Crippen LogP contribution is 2.45. The molecule has 26 heavy (non-hydrogen) atoms. The number of rotatable bonds is 4. The van der Waals surface area contributed by atoms with Gasteiger partial charge in [-0.2, -0.15) is 8.78 Å². The van der Waals surface area contributed by atoms with Crippen molar-refractivity contribution in [1.29, 1.82) is 0 Å². The second-order valence-corrected chi connectivity index (χ2v) is 8.68. The summed E-state index contributed by atoms with van der Waals surface area (Å²) in [6, 6.07) is 2.73. The normalized spacial score (nSPS) is 30.2. The molecule has 0 radical (unpaired) electrons. The molecular weight excluding hydrogens is 361 g/mol. The lowest BCUT2D eigenvalue weighted by Gasteiger charge is -2.38. The molecule has 0 aromatic heterocycles. The van der Waals surface area contributed by atoms with Crippen LogP contribution in [-0.4, -0.2) is 6.11 Å². The molecule has 3 rings (SSSR count). The van der Waals surface area contributed by atoms with Gasteiger partial charge in [0.25, 0.3) is 0 Å². The lowest BCUT2D eigenvalue weighted by Crippen LogP contribution is -2.38. The molecule has 2 fully saturated rings.